The maximum absolute atomic E-state index is 12.9. The van der Waals surface area contributed by atoms with Crippen LogP contribution in [0.4, 0.5) is 5.69 Å². The van der Waals surface area contributed by atoms with E-state index in [2.05, 4.69) is 10.4 Å². The van der Waals surface area contributed by atoms with E-state index in [9.17, 15) is 9.59 Å². The van der Waals surface area contributed by atoms with Gasteiger partial charge < -0.3 is 14.6 Å². The zero-order chi connectivity index (χ0) is 19.0. The molecule has 0 unspecified atom stereocenters. The molecule has 2 heterocycles. The second kappa shape index (κ2) is 6.60. The van der Waals surface area contributed by atoms with Crippen LogP contribution in [0.25, 0.3) is 21.8 Å². The van der Waals surface area contributed by atoms with Crippen molar-refractivity contribution in [3.8, 4) is 5.75 Å². The van der Waals surface area contributed by atoms with Crippen LogP contribution in [0.5, 0.6) is 5.75 Å². The molecule has 0 saturated heterocycles. The first-order valence-corrected chi connectivity index (χ1v) is 8.45. The first-order chi connectivity index (χ1) is 13.1. The third-order valence-corrected chi connectivity index (χ3v) is 4.58. The van der Waals surface area contributed by atoms with E-state index in [1.54, 1.807) is 37.6 Å². The van der Waals surface area contributed by atoms with E-state index in [1.807, 2.05) is 35.9 Å². The number of hydrogen-bond acceptors (Lipinski definition) is 4. The monoisotopic (exact) mass is 362 g/mol. The van der Waals surface area contributed by atoms with Gasteiger partial charge in [0, 0.05) is 29.0 Å². The van der Waals surface area contributed by atoms with E-state index >= 15 is 0 Å². The number of aryl methyl sites for hydroxylation is 1. The van der Waals surface area contributed by atoms with Crippen LogP contribution in [0.2, 0.25) is 0 Å². The van der Waals surface area contributed by atoms with Gasteiger partial charge >= 0.3 is 0 Å². The van der Waals surface area contributed by atoms with Crippen LogP contribution >= 0.6 is 0 Å². The fraction of sp³-hybridized carbons (Fsp3) is 0.150. The lowest BCUT2D eigenvalue weighted by Gasteiger charge is -2.08. The molecule has 0 atom stereocenters. The van der Waals surface area contributed by atoms with Gasteiger partial charge in [-0.1, -0.05) is 18.2 Å². The summed E-state index contributed by atoms with van der Waals surface area (Å²) in [4.78, 5) is 25.2. The molecule has 27 heavy (non-hydrogen) atoms. The first-order valence-electron chi connectivity index (χ1n) is 8.45. The van der Waals surface area contributed by atoms with Crippen LogP contribution in [-0.4, -0.2) is 27.4 Å². The highest BCUT2D eigenvalue weighted by Gasteiger charge is 2.15. The van der Waals surface area contributed by atoms with Gasteiger partial charge in [-0.15, -0.1) is 0 Å². The molecule has 0 spiro atoms. The second-order valence-corrected chi connectivity index (χ2v) is 6.22. The third-order valence-electron chi connectivity index (χ3n) is 4.58. The first kappa shape index (κ1) is 16.8. The van der Waals surface area contributed by atoms with E-state index < -0.39 is 0 Å². The summed E-state index contributed by atoms with van der Waals surface area (Å²) >= 11 is 0. The van der Waals surface area contributed by atoms with Crippen LogP contribution in [-0.2, 0) is 18.4 Å². The number of aromatic nitrogens is 3. The van der Waals surface area contributed by atoms with Crippen LogP contribution in [0, 0.1) is 0 Å². The van der Waals surface area contributed by atoms with E-state index in [1.165, 1.54) is 4.68 Å². The maximum Gasteiger partial charge on any atom is 0.291 e. The summed E-state index contributed by atoms with van der Waals surface area (Å²) in [5, 5.41) is 8.70. The normalized spacial score (nSPS) is 11.0. The molecule has 4 aromatic rings. The van der Waals surface area contributed by atoms with Crippen molar-refractivity contribution in [3.05, 3.63) is 65.1 Å². The largest absolute Gasteiger partial charge is 0.497 e. The number of fused-ring (bicyclic) bond motifs is 3. The summed E-state index contributed by atoms with van der Waals surface area (Å²) in [7, 11) is 3.42. The minimum absolute atomic E-state index is 0.164. The number of ether oxygens (including phenoxy) is 1. The van der Waals surface area contributed by atoms with Crippen molar-refractivity contribution >= 4 is 33.4 Å². The number of benzene rings is 2. The molecule has 0 fully saturated rings. The molecule has 0 aliphatic heterocycles. The number of hydrogen-bond donors (Lipinski definition) is 1. The highest BCUT2D eigenvalue weighted by Crippen LogP contribution is 2.24. The maximum atomic E-state index is 12.9. The van der Waals surface area contributed by atoms with Crippen LogP contribution in [0.3, 0.4) is 0 Å². The van der Waals surface area contributed by atoms with Gasteiger partial charge in [-0.2, -0.15) is 5.10 Å². The summed E-state index contributed by atoms with van der Waals surface area (Å²) in [6.45, 7) is -0.164. The molecule has 2 aromatic heterocycles. The molecule has 1 amide bonds. The SMILES string of the molecule is COc1ccc(NC(=O)Cn2ncc3c4ccccc4n(C)c3c2=O)cc1. The van der Waals surface area contributed by atoms with Gasteiger partial charge in [0.2, 0.25) is 5.91 Å². The van der Waals surface area contributed by atoms with E-state index in [0.29, 0.717) is 17.0 Å². The van der Waals surface area contributed by atoms with E-state index in [-0.39, 0.29) is 18.0 Å². The number of carbonyl (C=O) groups excluding carboxylic acids is 1. The van der Waals surface area contributed by atoms with Crippen molar-refractivity contribution in [2.45, 2.75) is 6.54 Å². The van der Waals surface area contributed by atoms with Crippen LogP contribution in [0.15, 0.2) is 59.5 Å². The Hall–Kier alpha value is -3.61. The standard InChI is InChI=1S/C20H18N4O3/c1-23-17-6-4-3-5-15(17)16-11-21-24(20(26)19(16)23)12-18(25)22-13-7-9-14(27-2)10-8-13/h3-11H,12H2,1-2H3,(H,22,25). The van der Waals surface area contributed by atoms with Gasteiger partial charge in [0.25, 0.3) is 5.56 Å². The number of carbonyl (C=O) groups is 1. The van der Waals surface area contributed by atoms with Gasteiger partial charge in [-0.25, -0.2) is 4.68 Å². The zero-order valence-corrected chi connectivity index (χ0v) is 15.0. The van der Waals surface area contributed by atoms with Crippen molar-refractivity contribution in [1.82, 2.24) is 14.3 Å². The van der Waals surface area contributed by atoms with Crippen molar-refractivity contribution in [2.24, 2.45) is 7.05 Å². The molecule has 0 saturated carbocycles. The lowest BCUT2D eigenvalue weighted by molar-refractivity contribution is -0.117. The molecule has 7 nitrogen and oxygen atoms in total. The zero-order valence-electron chi connectivity index (χ0n) is 15.0. The number of methoxy groups -OCH3 is 1. The van der Waals surface area contributed by atoms with E-state index in [0.717, 1.165) is 16.3 Å². The van der Waals surface area contributed by atoms with Gasteiger partial charge in [0.15, 0.2) is 0 Å². The molecule has 0 bridgehead atoms. The number of rotatable bonds is 4. The quantitative estimate of drug-likeness (QED) is 0.605. The van der Waals surface area contributed by atoms with Crippen LogP contribution in [0.1, 0.15) is 0 Å². The highest BCUT2D eigenvalue weighted by atomic mass is 16.5. The molecular weight excluding hydrogens is 344 g/mol. The smallest absolute Gasteiger partial charge is 0.291 e. The Morgan fingerprint density at radius 3 is 2.59 bits per heavy atom. The van der Waals surface area contributed by atoms with Gasteiger partial charge in [-0.3, -0.25) is 9.59 Å². The third kappa shape index (κ3) is 2.93. The van der Waals surface area contributed by atoms with Crippen molar-refractivity contribution < 1.29 is 9.53 Å². The molecule has 0 radical (unpaired) electrons. The Morgan fingerprint density at radius 1 is 1.11 bits per heavy atom. The summed E-state index contributed by atoms with van der Waals surface area (Å²) in [5.74, 6) is 0.375. The average Bonchev–Trinajstić information content (AvgIpc) is 2.98. The van der Waals surface area contributed by atoms with Gasteiger partial charge in [0.05, 0.1) is 13.3 Å². The summed E-state index contributed by atoms with van der Waals surface area (Å²) in [5.41, 5.74) is 1.81. The predicted molar refractivity (Wildman–Crippen MR) is 104 cm³/mol. The Morgan fingerprint density at radius 2 is 1.85 bits per heavy atom. The Kier molecular flexibility index (Phi) is 4.12. The number of anilines is 1. The van der Waals surface area contributed by atoms with E-state index in [4.69, 9.17) is 4.74 Å². The molecule has 4 rings (SSSR count). The molecule has 1 N–H and O–H groups in total. The fourth-order valence-electron chi connectivity index (χ4n) is 3.24. The number of amides is 1. The summed E-state index contributed by atoms with van der Waals surface area (Å²) < 4.78 is 8.11. The molecular formula is C20H18N4O3. The molecule has 0 aliphatic carbocycles. The predicted octanol–water partition coefficient (Wildman–Crippen LogP) is 2.54. The lowest BCUT2D eigenvalue weighted by atomic mass is 10.2. The van der Waals surface area contributed by atoms with Crippen molar-refractivity contribution in [2.75, 3.05) is 12.4 Å². The van der Waals surface area contributed by atoms with Crippen molar-refractivity contribution in [3.63, 3.8) is 0 Å². The lowest BCUT2D eigenvalue weighted by Crippen LogP contribution is -2.30. The number of nitrogens with one attached hydrogen (secondary N) is 1. The van der Waals surface area contributed by atoms with Crippen molar-refractivity contribution in [1.29, 1.82) is 0 Å². The Bertz CT molecular complexity index is 1210. The molecule has 7 heteroatoms. The van der Waals surface area contributed by atoms with Gasteiger partial charge in [-0.05, 0) is 30.3 Å². The Labute approximate surface area is 154 Å². The number of para-hydroxylation sites is 1. The topological polar surface area (TPSA) is 78.2 Å². The Balaban J connectivity index is 1.64. The highest BCUT2D eigenvalue weighted by molar-refractivity contribution is 6.07. The second-order valence-electron chi connectivity index (χ2n) is 6.22. The number of nitrogens with zero attached hydrogens (tertiary/aromatic N) is 3. The van der Waals surface area contributed by atoms with Crippen LogP contribution < -0.4 is 15.6 Å². The summed E-state index contributed by atoms with van der Waals surface area (Å²) in [6, 6.07) is 14.7. The summed E-state index contributed by atoms with van der Waals surface area (Å²) in [6.07, 6.45) is 1.64. The minimum Gasteiger partial charge on any atom is -0.497 e. The average molecular weight is 362 g/mol. The molecule has 2 aromatic carbocycles. The molecule has 136 valence electrons. The van der Waals surface area contributed by atoms with Gasteiger partial charge in [0.1, 0.15) is 17.8 Å². The molecule has 0 aliphatic rings. The fourth-order valence-corrected chi connectivity index (χ4v) is 3.24. The minimum atomic E-state index is -0.326.